The van der Waals surface area contributed by atoms with E-state index in [1.165, 1.54) is 83.5 Å². The van der Waals surface area contributed by atoms with Crippen molar-refractivity contribution in [2.75, 3.05) is 6.61 Å². The summed E-state index contributed by atoms with van der Waals surface area (Å²) in [6, 6.07) is 9.08. The molecule has 28 heavy (non-hydrogen) atoms. The second-order valence-corrected chi connectivity index (χ2v) is 8.10. The van der Waals surface area contributed by atoms with Gasteiger partial charge in [-0.25, -0.2) is 0 Å². The third kappa shape index (κ3) is 12.9. The summed E-state index contributed by atoms with van der Waals surface area (Å²) in [6.07, 6.45) is 19.6. The van der Waals surface area contributed by atoms with Gasteiger partial charge in [0.2, 0.25) is 0 Å². The number of carbonyl (C=O) groups is 1. The van der Waals surface area contributed by atoms with Gasteiger partial charge in [-0.3, -0.25) is 4.79 Å². The Hall–Kier alpha value is -1.35. The molecule has 0 aromatic heterocycles. The van der Waals surface area contributed by atoms with E-state index in [0.717, 1.165) is 12.8 Å². The molecule has 1 amide bonds. The molecule has 0 saturated heterocycles. The van der Waals surface area contributed by atoms with Crippen LogP contribution >= 0.6 is 0 Å². The number of unbranched alkanes of at least 4 members (excludes halogenated alkanes) is 13. The molecule has 0 saturated carbocycles. The highest BCUT2D eigenvalue weighted by Gasteiger charge is 2.12. The molecule has 0 aliphatic rings. The Labute approximate surface area is 173 Å². The van der Waals surface area contributed by atoms with Crippen molar-refractivity contribution < 1.29 is 9.90 Å². The van der Waals surface area contributed by atoms with E-state index in [-0.39, 0.29) is 18.6 Å². The van der Waals surface area contributed by atoms with Gasteiger partial charge in [0.05, 0.1) is 12.6 Å². The average molecular weight is 390 g/mol. The van der Waals surface area contributed by atoms with E-state index in [9.17, 15) is 9.90 Å². The van der Waals surface area contributed by atoms with Crippen LogP contribution in [0.3, 0.4) is 0 Å². The first-order valence-corrected chi connectivity index (χ1v) is 11.7. The summed E-state index contributed by atoms with van der Waals surface area (Å²) in [5.41, 5.74) is 0.655. The Bertz CT molecular complexity index is 475. The van der Waals surface area contributed by atoms with Crippen LogP contribution in [0.4, 0.5) is 0 Å². The van der Waals surface area contributed by atoms with Crippen LogP contribution in [0.5, 0.6) is 0 Å². The number of carbonyl (C=O) groups excluding carboxylic acids is 1. The number of nitrogens with one attached hydrogen (secondary N) is 1. The minimum absolute atomic E-state index is 0.0109. The predicted octanol–water partition coefficient (Wildman–Crippen LogP) is 6.65. The van der Waals surface area contributed by atoms with Gasteiger partial charge in [0, 0.05) is 5.56 Å². The fraction of sp³-hybridized carbons (Fsp3) is 0.720. The summed E-state index contributed by atoms with van der Waals surface area (Å²) < 4.78 is 0. The summed E-state index contributed by atoms with van der Waals surface area (Å²) >= 11 is 0. The number of rotatable bonds is 18. The molecular formula is C25H43NO2. The Morgan fingerprint density at radius 2 is 1.25 bits per heavy atom. The molecule has 0 bridgehead atoms. The number of hydrogen-bond donors (Lipinski definition) is 2. The maximum Gasteiger partial charge on any atom is 0.251 e. The molecule has 0 radical (unpaired) electrons. The van der Waals surface area contributed by atoms with Crippen LogP contribution in [0, 0.1) is 0 Å². The van der Waals surface area contributed by atoms with E-state index < -0.39 is 0 Å². The van der Waals surface area contributed by atoms with Crippen molar-refractivity contribution in [2.24, 2.45) is 0 Å². The van der Waals surface area contributed by atoms with E-state index in [4.69, 9.17) is 0 Å². The van der Waals surface area contributed by atoms with Gasteiger partial charge in [-0.2, -0.15) is 0 Å². The van der Waals surface area contributed by atoms with E-state index in [1.807, 2.05) is 18.2 Å². The fourth-order valence-electron chi connectivity index (χ4n) is 3.65. The molecule has 0 aliphatic heterocycles. The highest BCUT2D eigenvalue weighted by molar-refractivity contribution is 5.94. The number of amides is 1. The first kappa shape index (κ1) is 24.7. The average Bonchev–Trinajstić information content (AvgIpc) is 2.73. The van der Waals surface area contributed by atoms with Gasteiger partial charge in [-0.05, 0) is 18.6 Å². The maximum atomic E-state index is 12.1. The van der Waals surface area contributed by atoms with Crippen molar-refractivity contribution in [3.05, 3.63) is 35.9 Å². The molecule has 1 rings (SSSR count). The van der Waals surface area contributed by atoms with Crippen molar-refractivity contribution in [3.63, 3.8) is 0 Å². The summed E-state index contributed by atoms with van der Waals surface area (Å²) in [5.74, 6) is -0.0926. The molecule has 1 atom stereocenters. The molecule has 1 aromatic carbocycles. The van der Waals surface area contributed by atoms with Gasteiger partial charge >= 0.3 is 0 Å². The molecule has 0 heterocycles. The summed E-state index contributed by atoms with van der Waals surface area (Å²) in [4.78, 5) is 12.1. The zero-order valence-corrected chi connectivity index (χ0v) is 18.1. The summed E-state index contributed by atoms with van der Waals surface area (Å²) in [6.45, 7) is 2.28. The van der Waals surface area contributed by atoms with Crippen molar-refractivity contribution in [1.29, 1.82) is 0 Å². The van der Waals surface area contributed by atoms with Crippen molar-refractivity contribution in [1.82, 2.24) is 5.32 Å². The van der Waals surface area contributed by atoms with Gasteiger partial charge < -0.3 is 10.4 Å². The van der Waals surface area contributed by atoms with Crippen LogP contribution in [0.15, 0.2) is 30.3 Å². The molecule has 3 nitrogen and oxygen atoms in total. The smallest absolute Gasteiger partial charge is 0.251 e. The molecule has 0 fully saturated rings. The van der Waals surface area contributed by atoms with Crippen LogP contribution in [-0.2, 0) is 0 Å². The monoisotopic (exact) mass is 389 g/mol. The quantitative estimate of drug-likeness (QED) is 0.276. The number of aliphatic hydroxyl groups is 1. The number of aliphatic hydroxyl groups excluding tert-OH is 1. The van der Waals surface area contributed by atoms with Gasteiger partial charge in [0.15, 0.2) is 0 Å². The zero-order valence-electron chi connectivity index (χ0n) is 18.1. The van der Waals surface area contributed by atoms with E-state index in [1.54, 1.807) is 12.1 Å². The largest absolute Gasteiger partial charge is 0.394 e. The molecule has 0 unspecified atom stereocenters. The van der Waals surface area contributed by atoms with Gasteiger partial charge in [0.1, 0.15) is 0 Å². The second-order valence-electron chi connectivity index (χ2n) is 8.10. The van der Waals surface area contributed by atoms with E-state index in [0.29, 0.717) is 5.56 Å². The molecule has 1 aromatic rings. The van der Waals surface area contributed by atoms with Crippen molar-refractivity contribution in [3.8, 4) is 0 Å². The SMILES string of the molecule is CCCCCCCCCCCCCCCC[C@@H](CO)NC(=O)c1ccccc1. The van der Waals surface area contributed by atoms with Crippen LogP contribution in [0.25, 0.3) is 0 Å². The Morgan fingerprint density at radius 3 is 1.71 bits per heavy atom. The lowest BCUT2D eigenvalue weighted by Gasteiger charge is -2.16. The van der Waals surface area contributed by atoms with Gasteiger partial charge in [-0.15, -0.1) is 0 Å². The standard InChI is InChI=1S/C25H43NO2/c1-2-3-4-5-6-7-8-9-10-11-12-13-14-18-21-24(22-27)26-25(28)23-19-16-15-17-20-23/h15-17,19-20,24,27H,2-14,18,21-22H2,1H3,(H,26,28)/t24-/m0/s1. The highest BCUT2D eigenvalue weighted by atomic mass is 16.3. The minimum Gasteiger partial charge on any atom is -0.394 e. The van der Waals surface area contributed by atoms with Crippen LogP contribution in [0.2, 0.25) is 0 Å². The first-order chi connectivity index (χ1) is 13.8. The van der Waals surface area contributed by atoms with Crippen LogP contribution in [-0.4, -0.2) is 23.7 Å². The molecule has 160 valence electrons. The molecular weight excluding hydrogens is 346 g/mol. The second kappa shape index (κ2) is 17.7. The van der Waals surface area contributed by atoms with E-state index in [2.05, 4.69) is 12.2 Å². The third-order valence-electron chi connectivity index (χ3n) is 5.50. The molecule has 0 aliphatic carbocycles. The van der Waals surface area contributed by atoms with Crippen molar-refractivity contribution >= 4 is 5.91 Å². The topological polar surface area (TPSA) is 49.3 Å². The van der Waals surface area contributed by atoms with Crippen LogP contribution in [0.1, 0.15) is 114 Å². The fourth-order valence-corrected chi connectivity index (χ4v) is 3.65. The van der Waals surface area contributed by atoms with Crippen LogP contribution < -0.4 is 5.32 Å². The molecule has 3 heteroatoms. The normalized spacial score (nSPS) is 12.1. The zero-order chi connectivity index (χ0) is 20.3. The lowest BCUT2D eigenvalue weighted by atomic mass is 10.0. The van der Waals surface area contributed by atoms with Gasteiger partial charge in [-0.1, -0.05) is 115 Å². The van der Waals surface area contributed by atoms with Gasteiger partial charge in [0.25, 0.3) is 5.91 Å². The maximum absolute atomic E-state index is 12.1. The number of benzene rings is 1. The number of hydrogen-bond acceptors (Lipinski definition) is 2. The molecule has 0 spiro atoms. The first-order valence-electron chi connectivity index (χ1n) is 11.7. The highest BCUT2D eigenvalue weighted by Crippen LogP contribution is 2.14. The lowest BCUT2D eigenvalue weighted by Crippen LogP contribution is -2.37. The Morgan fingerprint density at radius 1 is 0.786 bits per heavy atom. The third-order valence-corrected chi connectivity index (χ3v) is 5.50. The lowest BCUT2D eigenvalue weighted by molar-refractivity contribution is 0.0912. The van der Waals surface area contributed by atoms with Crippen molar-refractivity contribution in [2.45, 2.75) is 109 Å². The summed E-state index contributed by atoms with van der Waals surface area (Å²) in [5, 5.41) is 12.5. The predicted molar refractivity (Wildman–Crippen MR) is 120 cm³/mol. The summed E-state index contributed by atoms with van der Waals surface area (Å²) in [7, 11) is 0. The van der Waals surface area contributed by atoms with E-state index >= 15 is 0 Å². The Kier molecular flexibility index (Phi) is 15.6. The minimum atomic E-state index is -0.134. The Balaban J connectivity index is 1.92. The molecule has 2 N–H and O–H groups in total.